The molecule has 0 spiro atoms. The number of piperidine rings is 1. The lowest BCUT2D eigenvalue weighted by atomic mass is 10.0. The lowest BCUT2D eigenvalue weighted by Gasteiger charge is -2.36. The lowest BCUT2D eigenvalue weighted by molar-refractivity contribution is -0.0283. The number of aliphatic hydroxyl groups excluding tert-OH is 1. The van der Waals surface area contributed by atoms with Crippen molar-refractivity contribution in [3.63, 3.8) is 0 Å². The molecule has 3 rings (SSSR count). The molecule has 2 atom stereocenters. The second-order valence-corrected chi connectivity index (χ2v) is 5.99. The van der Waals surface area contributed by atoms with Crippen LogP contribution in [0.3, 0.4) is 0 Å². The summed E-state index contributed by atoms with van der Waals surface area (Å²) in [6, 6.07) is 4.08. The minimum absolute atomic E-state index is 0.240. The highest BCUT2D eigenvalue weighted by molar-refractivity contribution is 5.40. The van der Waals surface area contributed by atoms with E-state index in [1.54, 1.807) is 12.4 Å². The van der Waals surface area contributed by atoms with Crippen molar-refractivity contribution in [1.82, 2.24) is 14.9 Å². The first-order chi connectivity index (χ1) is 12.0. The van der Waals surface area contributed by atoms with E-state index >= 15 is 0 Å². The van der Waals surface area contributed by atoms with Gasteiger partial charge in [0.05, 0.1) is 7.11 Å². The number of aliphatic hydroxyl groups is 1. The van der Waals surface area contributed by atoms with Crippen LogP contribution in [0.15, 0.2) is 30.6 Å². The largest absolute Gasteiger partial charge is 0.493 e. The van der Waals surface area contributed by atoms with Crippen LogP contribution < -0.4 is 15.2 Å². The Morgan fingerprint density at radius 1 is 1.32 bits per heavy atom. The highest BCUT2D eigenvalue weighted by Crippen LogP contribution is 2.30. The van der Waals surface area contributed by atoms with Crippen LogP contribution in [0.25, 0.3) is 0 Å². The Kier molecular flexibility index (Phi) is 5.30. The summed E-state index contributed by atoms with van der Waals surface area (Å²) < 4.78 is 24.2. The number of ether oxygens (including phenoxy) is 2. The Morgan fingerprint density at radius 2 is 2.08 bits per heavy atom. The van der Waals surface area contributed by atoms with Crippen LogP contribution in [0.2, 0.25) is 0 Å². The van der Waals surface area contributed by atoms with Crippen LogP contribution >= 0.6 is 0 Å². The third-order valence-electron chi connectivity index (χ3n) is 4.14. The summed E-state index contributed by atoms with van der Waals surface area (Å²) in [5.41, 5.74) is 6.41. The van der Waals surface area contributed by atoms with Crippen molar-refractivity contribution in [3.8, 4) is 11.5 Å². The Bertz CT molecular complexity index is 714. The van der Waals surface area contributed by atoms with E-state index in [1.807, 2.05) is 0 Å². The lowest BCUT2D eigenvalue weighted by Crippen LogP contribution is -2.48. The van der Waals surface area contributed by atoms with Crippen molar-refractivity contribution < 1.29 is 19.0 Å². The molecule has 2 heterocycles. The first kappa shape index (κ1) is 17.4. The van der Waals surface area contributed by atoms with Crippen molar-refractivity contribution in [1.29, 1.82) is 0 Å². The van der Waals surface area contributed by atoms with Crippen molar-refractivity contribution in [2.75, 3.05) is 25.9 Å². The van der Waals surface area contributed by atoms with E-state index in [0.717, 1.165) is 12.1 Å². The van der Waals surface area contributed by atoms with Gasteiger partial charge in [0.2, 0.25) is 5.95 Å². The molecule has 1 aromatic heterocycles. The van der Waals surface area contributed by atoms with Gasteiger partial charge in [0.25, 0.3) is 0 Å². The predicted octanol–water partition coefficient (Wildman–Crippen LogP) is 1.22. The zero-order chi connectivity index (χ0) is 17.8. The molecule has 0 radical (unpaired) electrons. The fraction of sp³-hybridized carbons (Fsp3) is 0.412. The Balaban J connectivity index is 1.59. The van der Waals surface area contributed by atoms with E-state index in [-0.39, 0.29) is 12.1 Å². The van der Waals surface area contributed by atoms with Crippen LogP contribution in [0.4, 0.5) is 10.3 Å². The molecule has 3 N–H and O–H groups in total. The molecule has 0 bridgehead atoms. The third kappa shape index (κ3) is 4.34. The summed E-state index contributed by atoms with van der Waals surface area (Å²) >= 11 is 0. The summed E-state index contributed by atoms with van der Waals surface area (Å²) in [4.78, 5) is 10.0. The number of methoxy groups -OCH3 is 1. The van der Waals surface area contributed by atoms with E-state index in [0.29, 0.717) is 31.0 Å². The fourth-order valence-corrected chi connectivity index (χ4v) is 2.86. The summed E-state index contributed by atoms with van der Waals surface area (Å²) in [7, 11) is 1.45. The van der Waals surface area contributed by atoms with E-state index in [1.165, 1.54) is 25.3 Å². The first-order valence-electron chi connectivity index (χ1n) is 8.02. The molecule has 7 nitrogen and oxygen atoms in total. The van der Waals surface area contributed by atoms with Crippen molar-refractivity contribution in [2.45, 2.75) is 25.2 Å². The Morgan fingerprint density at radius 3 is 2.76 bits per heavy atom. The second kappa shape index (κ2) is 7.62. The standard InChI is InChI=1S/C17H21FN4O3/c1-24-16-6-12(18)2-3-15(16)25-14-4-5-22(10-13(14)23)9-11-7-20-17(19)21-8-11/h2-3,6-8,13-14,23H,4-5,9-10H2,1H3,(H2,19,20,21)/t13-,14-/m1/s1. The van der Waals surface area contributed by atoms with Gasteiger partial charge in [-0.2, -0.15) is 0 Å². The molecule has 1 fully saturated rings. The fourth-order valence-electron chi connectivity index (χ4n) is 2.86. The number of aromatic nitrogens is 2. The van der Waals surface area contributed by atoms with E-state index < -0.39 is 11.9 Å². The van der Waals surface area contributed by atoms with Crippen molar-refractivity contribution in [2.24, 2.45) is 0 Å². The maximum absolute atomic E-state index is 13.3. The number of nitrogens with zero attached hydrogens (tertiary/aromatic N) is 3. The highest BCUT2D eigenvalue weighted by atomic mass is 19.1. The molecule has 25 heavy (non-hydrogen) atoms. The smallest absolute Gasteiger partial charge is 0.219 e. The van der Waals surface area contributed by atoms with Gasteiger partial charge in [-0.05, 0) is 18.6 Å². The highest BCUT2D eigenvalue weighted by Gasteiger charge is 2.30. The third-order valence-corrected chi connectivity index (χ3v) is 4.14. The number of likely N-dealkylation sites (tertiary alicyclic amines) is 1. The first-order valence-corrected chi connectivity index (χ1v) is 8.02. The van der Waals surface area contributed by atoms with Gasteiger partial charge in [-0.3, -0.25) is 4.90 Å². The van der Waals surface area contributed by atoms with Crippen molar-refractivity contribution in [3.05, 3.63) is 42.0 Å². The molecular weight excluding hydrogens is 327 g/mol. The number of halogens is 1. The molecular formula is C17H21FN4O3. The zero-order valence-electron chi connectivity index (χ0n) is 13.9. The van der Waals surface area contributed by atoms with Gasteiger partial charge in [-0.15, -0.1) is 0 Å². The quantitative estimate of drug-likeness (QED) is 0.839. The Labute approximate surface area is 145 Å². The summed E-state index contributed by atoms with van der Waals surface area (Å²) in [5, 5.41) is 10.4. The van der Waals surface area contributed by atoms with Crippen LogP contribution in [0.1, 0.15) is 12.0 Å². The number of benzene rings is 1. The molecule has 0 unspecified atom stereocenters. The second-order valence-electron chi connectivity index (χ2n) is 5.99. The minimum atomic E-state index is -0.668. The molecule has 0 amide bonds. The number of nitrogen functional groups attached to an aromatic ring is 1. The summed E-state index contributed by atoms with van der Waals surface area (Å²) in [5.74, 6) is 0.580. The van der Waals surface area contributed by atoms with Gasteiger partial charge >= 0.3 is 0 Å². The number of β-amino-alcohol motifs (C(OH)–C–C–N with tert-alkyl or cyclic N) is 1. The van der Waals surface area contributed by atoms with Gasteiger partial charge in [0.1, 0.15) is 18.0 Å². The molecule has 1 aliphatic heterocycles. The van der Waals surface area contributed by atoms with Gasteiger partial charge in [-0.1, -0.05) is 0 Å². The van der Waals surface area contributed by atoms with Gasteiger partial charge in [0, 0.05) is 43.7 Å². The maximum Gasteiger partial charge on any atom is 0.219 e. The zero-order valence-corrected chi connectivity index (χ0v) is 13.9. The van der Waals surface area contributed by atoms with E-state index in [4.69, 9.17) is 15.2 Å². The summed E-state index contributed by atoms with van der Waals surface area (Å²) in [6.07, 6.45) is 2.95. The van der Waals surface area contributed by atoms with Crippen LogP contribution in [-0.2, 0) is 6.54 Å². The molecule has 0 aliphatic carbocycles. The van der Waals surface area contributed by atoms with Crippen LogP contribution in [0.5, 0.6) is 11.5 Å². The number of hydrogen-bond acceptors (Lipinski definition) is 7. The number of anilines is 1. The molecule has 2 aromatic rings. The van der Waals surface area contributed by atoms with Gasteiger partial charge < -0.3 is 20.3 Å². The molecule has 0 saturated carbocycles. The summed E-state index contributed by atoms with van der Waals surface area (Å²) in [6.45, 7) is 1.83. The normalized spacial score (nSPS) is 21.1. The Hall–Kier alpha value is -2.45. The molecule has 8 heteroatoms. The molecule has 1 aromatic carbocycles. The van der Waals surface area contributed by atoms with Crippen molar-refractivity contribution >= 4 is 5.95 Å². The SMILES string of the molecule is COc1cc(F)ccc1O[C@@H]1CCN(Cc2cnc(N)nc2)C[C@H]1O. The number of rotatable bonds is 5. The number of hydrogen-bond donors (Lipinski definition) is 2. The van der Waals surface area contributed by atoms with E-state index in [2.05, 4.69) is 14.9 Å². The average Bonchev–Trinajstić information content (AvgIpc) is 2.60. The van der Waals surface area contributed by atoms with Gasteiger partial charge in [0.15, 0.2) is 11.5 Å². The number of nitrogens with two attached hydrogens (primary N) is 1. The van der Waals surface area contributed by atoms with Gasteiger partial charge in [-0.25, -0.2) is 14.4 Å². The maximum atomic E-state index is 13.3. The molecule has 134 valence electrons. The molecule has 1 saturated heterocycles. The van der Waals surface area contributed by atoms with Crippen LogP contribution in [0, 0.1) is 5.82 Å². The predicted molar refractivity (Wildman–Crippen MR) is 89.7 cm³/mol. The van der Waals surface area contributed by atoms with Crippen LogP contribution in [-0.4, -0.2) is 52.4 Å². The molecule has 1 aliphatic rings. The average molecular weight is 348 g/mol. The minimum Gasteiger partial charge on any atom is -0.493 e. The topological polar surface area (TPSA) is 93.7 Å². The van der Waals surface area contributed by atoms with E-state index in [9.17, 15) is 9.50 Å². The monoisotopic (exact) mass is 348 g/mol.